The zero-order chi connectivity index (χ0) is 15.6. The fourth-order valence-electron chi connectivity index (χ4n) is 1.36. The molecule has 20 heavy (non-hydrogen) atoms. The van der Waals surface area contributed by atoms with E-state index in [0.29, 0.717) is 5.56 Å². The molecule has 0 fully saturated rings. The summed E-state index contributed by atoms with van der Waals surface area (Å²) in [6.45, 7) is 0. The number of alkyl halides is 3. The Hall–Kier alpha value is -1.06. The molecule has 0 spiro atoms. The predicted molar refractivity (Wildman–Crippen MR) is 72.7 cm³/mol. The molecule has 1 N–H and O–H groups in total. The fourth-order valence-corrected chi connectivity index (χ4v) is 4.84. The first-order valence-electron chi connectivity index (χ1n) is 5.29. The molecule has 114 valence electrons. The van der Waals surface area contributed by atoms with E-state index in [1.54, 1.807) is 18.2 Å². The number of benzene rings is 1. The maximum Gasteiger partial charge on any atom is 0.572 e. The lowest BCUT2D eigenvalue weighted by molar-refractivity contribution is -0.0539. The average molecular weight is 331 g/mol. The first-order valence-corrected chi connectivity index (χ1v) is 9.31. The molecule has 0 aromatic heterocycles. The van der Waals surface area contributed by atoms with Crippen LogP contribution in [0.3, 0.4) is 0 Å². The summed E-state index contributed by atoms with van der Waals surface area (Å²) in [6.07, 6.45) is 2.49. The first-order chi connectivity index (χ1) is 8.95. The number of rotatable bonds is 5. The molecule has 1 rings (SSSR count). The largest absolute Gasteiger partial charge is 0.572 e. The van der Waals surface area contributed by atoms with Crippen LogP contribution in [-0.2, 0) is 10.1 Å². The van der Waals surface area contributed by atoms with E-state index in [1.165, 1.54) is 24.6 Å². The monoisotopic (exact) mass is 331 g/mol. The van der Waals surface area contributed by atoms with Crippen LogP contribution in [0, 0.1) is 0 Å². The molecule has 1 aromatic rings. The van der Waals surface area contributed by atoms with E-state index in [9.17, 15) is 26.4 Å². The molecule has 0 heterocycles. The Morgan fingerprint density at radius 1 is 1.15 bits per heavy atom. The minimum Gasteiger partial charge on any atom is -0.293 e. The van der Waals surface area contributed by atoms with Gasteiger partial charge in [-0.1, -0.05) is 30.3 Å². The van der Waals surface area contributed by atoms with Crippen molar-refractivity contribution in [2.45, 2.75) is 5.51 Å². The van der Waals surface area contributed by atoms with Crippen LogP contribution >= 0.6 is 10.3 Å². The smallest absolute Gasteiger partial charge is 0.293 e. The highest BCUT2D eigenvalue weighted by molar-refractivity contribution is 8.31. The third-order valence-electron chi connectivity index (χ3n) is 2.17. The van der Waals surface area contributed by atoms with Crippen molar-refractivity contribution in [3.63, 3.8) is 0 Å². The van der Waals surface area contributed by atoms with Gasteiger partial charge in [0, 0.05) is 18.1 Å². The van der Waals surface area contributed by atoms with Gasteiger partial charge in [-0.2, -0.15) is 13.2 Å². The van der Waals surface area contributed by atoms with E-state index < -0.39 is 31.7 Å². The van der Waals surface area contributed by atoms with E-state index in [0.717, 1.165) is 0 Å². The van der Waals surface area contributed by atoms with Crippen molar-refractivity contribution in [1.29, 1.82) is 0 Å². The molecule has 0 aliphatic carbocycles. The van der Waals surface area contributed by atoms with Crippen LogP contribution in [0.1, 0.15) is 10.4 Å². The van der Waals surface area contributed by atoms with Crippen LogP contribution < -0.4 is 0 Å². The number of Topliss-reactive ketones (excluding diaryl/α,β-unsaturated/α-hetero) is 1. The molecule has 1 aromatic carbocycles. The van der Waals surface area contributed by atoms with E-state index >= 15 is 0 Å². The Labute approximate surface area is 116 Å². The lowest BCUT2D eigenvalue weighted by Crippen LogP contribution is -2.31. The van der Waals surface area contributed by atoms with Gasteiger partial charge in [0.25, 0.3) is 0 Å². The van der Waals surface area contributed by atoms with Crippen molar-refractivity contribution in [3.05, 3.63) is 35.9 Å². The number of carbonyl (C=O) groups is 1. The summed E-state index contributed by atoms with van der Waals surface area (Å²) >= 11 is 0. The highest BCUT2D eigenvalue weighted by atomic mass is 32.3. The Kier molecular flexibility index (Phi) is 4.88. The maximum atomic E-state index is 12.3. The Bertz CT molecular complexity index is 579. The van der Waals surface area contributed by atoms with Gasteiger partial charge >= 0.3 is 15.6 Å². The Morgan fingerprint density at radius 2 is 1.65 bits per heavy atom. The zero-order valence-corrected chi connectivity index (χ0v) is 12.3. The second-order valence-electron chi connectivity index (χ2n) is 4.41. The Morgan fingerprint density at radius 3 is 2.10 bits per heavy atom. The molecular weight excluding hydrogens is 317 g/mol. The van der Waals surface area contributed by atoms with Gasteiger partial charge in [0.1, 0.15) is 5.75 Å². The summed E-state index contributed by atoms with van der Waals surface area (Å²) in [4.78, 5) is 11.9. The van der Waals surface area contributed by atoms with Crippen LogP contribution in [0.25, 0.3) is 0 Å². The van der Waals surface area contributed by atoms with Crippen LogP contribution in [0.2, 0.25) is 0 Å². The summed E-state index contributed by atoms with van der Waals surface area (Å²) in [5.41, 5.74) is -5.12. The number of hydrogen-bond donors (Lipinski definition) is 0. The summed E-state index contributed by atoms with van der Waals surface area (Å²) in [6, 6.07) is 7.93. The van der Waals surface area contributed by atoms with Crippen LogP contribution in [0.5, 0.6) is 0 Å². The number of carbonyl (C=O) groups excluding carboxylic acids is 1. The van der Waals surface area contributed by atoms with Crippen LogP contribution in [0.15, 0.2) is 30.3 Å². The van der Waals surface area contributed by atoms with Gasteiger partial charge in [0.2, 0.25) is 0 Å². The van der Waals surface area contributed by atoms with E-state index in [2.05, 4.69) is 3.63 Å². The van der Waals surface area contributed by atoms with Gasteiger partial charge in [-0.3, -0.25) is 8.42 Å². The average Bonchev–Trinajstić information content (AvgIpc) is 2.26. The molecule has 0 aliphatic heterocycles. The van der Waals surface area contributed by atoms with Crippen molar-refractivity contribution in [1.82, 2.24) is 0 Å². The molecule has 0 atom stereocenters. The van der Waals surface area contributed by atoms with Gasteiger partial charge in [-0.05, 0) is 10.3 Å². The minimum atomic E-state index is -5.57. The van der Waals surface area contributed by atoms with Crippen molar-refractivity contribution in [2.75, 3.05) is 18.3 Å². The van der Waals surface area contributed by atoms with Gasteiger partial charge in [-0.25, -0.2) is 0 Å². The van der Waals surface area contributed by atoms with Crippen molar-refractivity contribution in [2.24, 2.45) is 0 Å². The Balaban J connectivity index is 2.84. The van der Waals surface area contributed by atoms with E-state index in [-0.39, 0.29) is 5.75 Å². The number of ketones is 1. The van der Waals surface area contributed by atoms with E-state index in [1.807, 2.05) is 0 Å². The van der Waals surface area contributed by atoms with Gasteiger partial charge < -0.3 is 0 Å². The van der Waals surface area contributed by atoms with Gasteiger partial charge in [-0.15, -0.1) is 8.42 Å². The SMILES string of the molecule is CS(C)(CC(=O)c1ccccc1)[OH+]S(=O)(=O)C(F)(F)F. The summed E-state index contributed by atoms with van der Waals surface area (Å²) in [5.74, 6) is -0.793. The van der Waals surface area contributed by atoms with Crippen molar-refractivity contribution in [3.8, 4) is 0 Å². The lowest BCUT2D eigenvalue weighted by atomic mass is 10.2. The summed E-state index contributed by atoms with van der Waals surface area (Å²) in [7, 11) is -8.18. The van der Waals surface area contributed by atoms with Crippen LogP contribution in [0.4, 0.5) is 13.2 Å². The normalized spacial score (nSPS) is 14.1. The van der Waals surface area contributed by atoms with Gasteiger partial charge in [0.15, 0.2) is 5.78 Å². The van der Waals surface area contributed by atoms with Crippen molar-refractivity contribution >= 4 is 26.2 Å². The number of halogens is 3. The summed E-state index contributed by atoms with van der Waals surface area (Å²) in [5, 5.41) is 0. The molecule has 0 amide bonds. The molecule has 0 bridgehead atoms. The highest BCUT2D eigenvalue weighted by Crippen LogP contribution is 2.43. The topological polar surface area (TPSA) is 64.0 Å². The lowest BCUT2D eigenvalue weighted by Gasteiger charge is -2.24. The molecule has 0 saturated carbocycles. The van der Waals surface area contributed by atoms with E-state index in [4.69, 9.17) is 0 Å². The molecular formula is C11H14F3O4S2+. The third-order valence-corrected chi connectivity index (χ3v) is 6.13. The molecule has 0 aliphatic rings. The number of hydrogen-bond acceptors (Lipinski definition) is 3. The molecule has 0 unspecified atom stereocenters. The standard InChI is InChI=1S/C11H13F3O4S2/c1-19(2,18-20(16,17)11(12,13)14)8-10(15)9-6-4-3-5-7-9/h3-7H,8H2,1-2H3/p+1. The zero-order valence-electron chi connectivity index (χ0n) is 10.7. The molecule has 4 nitrogen and oxygen atoms in total. The molecule has 0 saturated heterocycles. The first kappa shape index (κ1) is 17.0. The van der Waals surface area contributed by atoms with Crippen molar-refractivity contribution < 1.29 is 30.0 Å². The highest BCUT2D eigenvalue weighted by Gasteiger charge is 2.55. The minimum absolute atomic E-state index is 0.313. The summed E-state index contributed by atoms with van der Waals surface area (Å²) < 4.78 is 61.7. The molecule has 9 heteroatoms. The van der Waals surface area contributed by atoms with Gasteiger partial charge in [0.05, 0.1) is 0 Å². The molecule has 0 radical (unpaired) electrons. The third kappa shape index (κ3) is 4.50. The second kappa shape index (κ2) is 5.74. The predicted octanol–water partition coefficient (Wildman–Crippen LogP) is 2.79. The quantitative estimate of drug-likeness (QED) is 0.361. The van der Waals surface area contributed by atoms with Crippen LogP contribution in [-0.4, -0.2) is 41.6 Å². The second-order valence-corrected chi connectivity index (χ2v) is 9.67. The fraction of sp³-hybridized carbons (Fsp3) is 0.364. The maximum absolute atomic E-state index is 12.3.